The fourth-order valence-electron chi connectivity index (χ4n) is 2.14. The highest BCUT2D eigenvalue weighted by molar-refractivity contribution is 6.00. The second-order valence-corrected chi connectivity index (χ2v) is 4.62. The number of amides is 2. The van der Waals surface area contributed by atoms with Crippen LogP contribution in [0.4, 0.5) is 16.2 Å². The van der Waals surface area contributed by atoms with Crippen LogP contribution in [0.1, 0.15) is 6.92 Å². The van der Waals surface area contributed by atoms with Gasteiger partial charge in [-0.3, -0.25) is 0 Å². The van der Waals surface area contributed by atoms with Crippen molar-refractivity contribution in [3.63, 3.8) is 0 Å². The Morgan fingerprint density at radius 2 is 2.09 bits per heavy atom. The average molecular weight is 296 g/mol. The predicted molar refractivity (Wildman–Crippen MR) is 85.4 cm³/mol. The van der Waals surface area contributed by atoms with E-state index in [1.165, 1.54) is 0 Å². The standard InChI is InChI=1S/C16H16N4O2/c1-2-22-15-6-4-3-5-14(15)19-16(21)18-12-8-10-20-13(11-12)7-9-17-20/h3-11H,2H2,1H3,(H2,18,19,21). The maximum atomic E-state index is 12.1. The molecule has 0 unspecified atom stereocenters. The lowest BCUT2D eigenvalue weighted by molar-refractivity contribution is 0.262. The van der Waals surface area contributed by atoms with Crippen LogP contribution in [0.5, 0.6) is 5.75 Å². The van der Waals surface area contributed by atoms with Crippen LogP contribution in [0.25, 0.3) is 5.52 Å². The zero-order valence-electron chi connectivity index (χ0n) is 12.1. The van der Waals surface area contributed by atoms with Gasteiger partial charge >= 0.3 is 6.03 Å². The van der Waals surface area contributed by atoms with Crippen LogP contribution in [0, 0.1) is 0 Å². The topological polar surface area (TPSA) is 67.7 Å². The first kappa shape index (κ1) is 13.9. The molecule has 0 aliphatic heterocycles. The summed E-state index contributed by atoms with van der Waals surface area (Å²) in [6.07, 6.45) is 3.50. The summed E-state index contributed by atoms with van der Waals surface area (Å²) in [5, 5.41) is 9.69. The Morgan fingerprint density at radius 1 is 1.23 bits per heavy atom. The number of benzene rings is 1. The van der Waals surface area contributed by atoms with Gasteiger partial charge in [0.25, 0.3) is 0 Å². The minimum Gasteiger partial charge on any atom is -0.492 e. The number of urea groups is 1. The predicted octanol–water partition coefficient (Wildman–Crippen LogP) is 3.38. The highest BCUT2D eigenvalue weighted by Gasteiger charge is 2.07. The molecule has 0 aliphatic carbocycles. The molecule has 2 N–H and O–H groups in total. The summed E-state index contributed by atoms with van der Waals surface area (Å²) in [6.45, 7) is 2.44. The van der Waals surface area contributed by atoms with Gasteiger partial charge in [-0.1, -0.05) is 12.1 Å². The molecule has 2 heterocycles. The molecule has 2 aromatic heterocycles. The molecule has 112 valence electrons. The lowest BCUT2D eigenvalue weighted by Crippen LogP contribution is -2.20. The fourth-order valence-corrected chi connectivity index (χ4v) is 2.14. The molecule has 0 radical (unpaired) electrons. The van der Waals surface area contributed by atoms with Crippen molar-refractivity contribution < 1.29 is 9.53 Å². The highest BCUT2D eigenvalue weighted by atomic mass is 16.5. The first-order valence-corrected chi connectivity index (χ1v) is 6.99. The Bertz CT molecular complexity index is 797. The Labute approximate surface area is 127 Å². The lowest BCUT2D eigenvalue weighted by Gasteiger charge is -2.12. The van der Waals surface area contributed by atoms with Crippen LogP contribution in [-0.2, 0) is 0 Å². The number of pyridine rings is 1. The first-order valence-electron chi connectivity index (χ1n) is 6.99. The van der Waals surface area contributed by atoms with Crippen molar-refractivity contribution >= 4 is 22.9 Å². The molecule has 0 saturated carbocycles. The number of carbonyl (C=O) groups excluding carboxylic acids is 1. The maximum Gasteiger partial charge on any atom is 0.323 e. The normalized spacial score (nSPS) is 10.4. The number of anilines is 2. The molecule has 2 amide bonds. The minimum absolute atomic E-state index is 0.323. The minimum atomic E-state index is -0.323. The van der Waals surface area contributed by atoms with E-state index in [0.29, 0.717) is 23.7 Å². The van der Waals surface area contributed by atoms with Crippen LogP contribution >= 0.6 is 0 Å². The fraction of sp³-hybridized carbons (Fsp3) is 0.125. The molecule has 22 heavy (non-hydrogen) atoms. The van der Waals surface area contributed by atoms with E-state index < -0.39 is 0 Å². The molecule has 0 saturated heterocycles. The lowest BCUT2D eigenvalue weighted by atomic mass is 10.3. The molecule has 0 fully saturated rings. The van der Waals surface area contributed by atoms with Gasteiger partial charge in [0, 0.05) is 18.1 Å². The molecular weight excluding hydrogens is 280 g/mol. The number of carbonyl (C=O) groups is 1. The van der Waals surface area contributed by atoms with E-state index in [2.05, 4.69) is 15.7 Å². The molecule has 3 rings (SSSR count). The monoisotopic (exact) mass is 296 g/mol. The number of nitrogens with one attached hydrogen (secondary N) is 2. The quantitative estimate of drug-likeness (QED) is 0.775. The van der Waals surface area contributed by atoms with Gasteiger partial charge in [-0.2, -0.15) is 5.10 Å². The largest absolute Gasteiger partial charge is 0.492 e. The summed E-state index contributed by atoms with van der Waals surface area (Å²) in [5.74, 6) is 0.645. The van der Waals surface area contributed by atoms with E-state index in [0.717, 1.165) is 5.52 Å². The van der Waals surface area contributed by atoms with Crippen molar-refractivity contribution in [2.45, 2.75) is 6.92 Å². The highest BCUT2D eigenvalue weighted by Crippen LogP contribution is 2.23. The van der Waals surface area contributed by atoms with E-state index >= 15 is 0 Å². The third-order valence-corrected chi connectivity index (χ3v) is 3.09. The van der Waals surface area contributed by atoms with Crippen molar-refractivity contribution in [1.29, 1.82) is 0 Å². The molecule has 3 aromatic rings. The summed E-state index contributed by atoms with van der Waals surface area (Å²) in [7, 11) is 0. The van der Waals surface area contributed by atoms with Gasteiger partial charge in [-0.25, -0.2) is 9.31 Å². The Hall–Kier alpha value is -3.02. The van der Waals surface area contributed by atoms with E-state index in [1.54, 1.807) is 29.0 Å². The summed E-state index contributed by atoms with van der Waals surface area (Å²) < 4.78 is 7.21. The van der Waals surface area contributed by atoms with Gasteiger partial charge in [0.1, 0.15) is 5.75 Å². The zero-order valence-corrected chi connectivity index (χ0v) is 12.1. The Balaban J connectivity index is 1.72. The van der Waals surface area contributed by atoms with Crippen molar-refractivity contribution in [3.8, 4) is 5.75 Å². The maximum absolute atomic E-state index is 12.1. The van der Waals surface area contributed by atoms with E-state index in [4.69, 9.17) is 4.74 Å². The van der Waals surface area contributed by atoms with Crippen molar-refractivity contribution in [3.05, 3.63) is 54.9 Å². The van der Waals surface area contributed by atoms with Gasteiger partial charge in [-0.15, -0.1) is 0 Å². The summed E-state index contributed by atoms with van der Waals surface area (Å²) in [6, 6.07) is 12.5. The summed E-state index contributed by atoms with van der Waals surface area (Å²) >= 11 is 0. The van der Waals surface area contributed by atoms with Gasteiger partial charge in [0.2, 0.25) is 0 Å². The van der Waals surface area contributed by atoms with Crippen LogP contribution in [0.3, 0.4) is 0 Å². The third kappa shape index (κ3) is 3.01. The molecule has 0 spiro atoms. The number of hydrogen-bond donors (Lipinski definition) is 2. The number of fused-ring (bicyclic) bond motifs is 1. The average Bonchev–Trinajstić information content (AvgIpc) is 2.97. The van der Waals surface area contributed by atoms with Crippen molar-refractivity contribution in [2.75, 3.05) is 17.2 Å². The van der Waals surface area contributed by atoms with E-state index in [9.17, 15) is 4.79 Å². The molecule has 1 aromatic carbocycles. The van der Waals surface area contributed by atoms with Gasteiger partial charge in [0.15, 0.2) is 0 Å². The smallest absolute Gasteiger partial charge is 0.323 e. The van der Waals surface area contributed by atoms with Crippen LogP contribution in [-0.4, -0.2) is 22.3 Å². The Kier molecular flexibility index (Phi) is 3.91. The van der Waals surface area contributed by atoms with E-state index in [1.807, 2.05) is 37.3 Å². The SMILES string of the molecule is CCOc1ccccc1NC(=O)Nc1ccn2nccc2c1. The zero-order chi connectivity index (χ0) is 15.4. The Morgan fingerprint density at radius 3 is 2.95 bits per heavy atom. The number of para-hydroxylation sites is 2. The molecule has 0 bridgehead atoms. The second-order valence-electron chi connectivity index (χ2n) is 4.62. The second kappa shape index (κ2) is 6.17. The van der Waals surface area contributed by atoms with Gasteiger partial charge in [-0.05, 0) is 37.3 Å². The number of nitrogens with zero attached hydrogens (tertiary/aromatic N) is 2. The van der Waals surface area contributed by atoms with E-state index in [-0.39, 0.29) is 6.03 Å². The molecular formula is C16H16N4O2. The number of ether oxygens (including phenoxy) is 1. The number of hydrogen-bond acceptors (Lipinski definition) is 3. The summed E-state index contributed by atoms with van der Waals surface area (Å²) in [5.41, 5.74) is 2.24. The number of rotatable bonds is 4. The first-order chi connectivity index (χ1) is 10.8. The van der Waals surface area contributed by atoms with Gasteiger partial charge in [0.05, 0.1) is 17.8 Å². The number of aromatic nitrogens is 2. The molecule has 0 atom stereocenters. The molecule has 0 aliphatic rings. The van der Waals surface area contributed by atoms with Crippen molar-refractivity contribution in [2.24, 2.45) is 0 Å². The molecule has 6 nitrogen and oxygen atoms in total. The third-order valence-electron chi connectivity index (χ3n) is 3.09. The van der Waals surface area contributed by atoms with Crippen LogP contribution in [0.2, 0.25) is 0 Å². The summed E-state index contributed by atoms with van der Waals surface area (Å²) in [4.78, 5) is 12.1. The van der Waals surface area contributed by atoms with Gasteiger partial charge < -0.3 is 15.4 Å². The van der Waals surface area contributed by atoms with Crippen molar-refractivity contribution in [1.82, 2.24) is 9.61 Å². The van der Waals surface area contributed by atoms with Crippen LogP contribution in [0.15, 0.2) is 54.9 Å². The molecule has 6 heteroatoms. The van der Waals surface area contributed by atoms with Crippen LogP contribution < -0.4 is 15.4 Å².